The number of rotatable bonds is 7. The van der Waals surface area contributed by atoms with E-state index in [-0.39, 0.29) is 27.5 Å². The molecule has 2 aromatic carbocycles. The van der Waals surface area contributed by atoms with Crippen molar-refractivity contribution in [3.8, 4) is 5.75 Å². The number of methoxy groups -OCH3 is 1. The van der Waals surface area contributed by atoms with E-state index in [0.717, 1.165) is 15.4 Å². The lowest BCUT2D eigenvalue weighted by molar-refractivity contribution is 0.0945. The number of carbonyl (C=O) groups is 1. The third-order valence-electron chi connectivity index (χ3n) is 4.67. The summed E-state index contributed by atoms with van der Waals surface area (Å²) >= 11 is 0. The van der Waals surface area contributed by atoms with Crippen molar-refractivity contribution in [3.05, 3.63) is 59.2 Å². The molecule has 1 amide bonds. The van der Waals surface area contributed by atoms with Crippen molar-refractivity contribution < 1.29 is 17.9 Å². The van der Waals surface area contributed by atoms with Crippen LogP contribution in [-0.2, 0) is 15.4 Å². The van der Waals surface area contributed by atoms with Crippen molar-refractivity contribution in [1.82, 2.24) is 9.62 Å². The smallest absolute Gasteiger partial charge is 0.251 e. The molecule has 7 heteroatoms. The molecule has 2 rings (SSSR count). The predicted octanol–water partition coefficient (Wildman–Crippen LogP) is 2.96. The van der Waals surface area contributed by atoms with E-state index in [1.165, 1.54) is 33.3 Å². The van der Waals surface area contributed by atoms with Gasteiger partial charge in [-0.2, -0.15) is 0 Å². The Kier molecular flexibility index (Phi) is 6.52. The van der Waals surface area contributed by atoms with Crippen molar-refractivity contribution in [3.63, 3.8) is 0 Å². The zero-order chi connectivity index (χ0) is 21.1. The molecule has 0 unspecified atom stereocenters. The highest BCUT2D eigenvalue weighted by Gasteiger charge is 2.25. The molecule has 0 aliphatic carbocycles. The number of hydrogen-bond donors (Lipinski definition) is 1. The molecule has 0 bridgehead atoms. The average Bonchev–Trinajstić information content (AvgIpc) is 2.65. The maximum atomic E-state index is 12.7. The van der Waals surface area contributed by atoms with Crippen LogP contribution in [-0.4, -0.2) is 46.4 Å². The fraction of sp³-hybridized carbons (Fsp3) is 0.381. The Morgan fingerprint density at radius 2 is 1.82 bits per heavy atom. The summed E-state index contributed by atoms with van der Waals surface area (Å²) in [6.45, 7) is 6.55. The molecule has 0 saturated heterocycles. The van der Waals surface area contributed by atoms with Gasteiger partial charge in [0.05, 0.1) is 7.11 Å². The summed E-state index contributed by atoms with van der Waals surface area (Å²) in [5.41, 5.74) is 2.28. The fourth-order valence-electron chi connectivity index (χ4n) is 2.79. The van der Waals surface area contributed by atoms with Crippen molar-refractivity contribution in [2.75, 3.05) is 27.7 Å². The van der Waals surface area contributed by atoms with E-state index in [4.69, 9.17) is 4.74 Å². The van der Waals surface area contributed by atoms with Crippen molar-refractivity contribution in [1.29, 1.82) is 0 Å². The number of ether oxygens (including phenoxy) is 1. The first kappa shape index (κ1) is 21.9. The van der Waals surface area contributed by atoms with Gasteiger partial charge >= 0.3 is 0 Å². The summed E-state index contributed by atoms with van der Waals surface area (Å²) in [5.74, 6) is -0.135. The van der Waals surface area contributed by atoms with Gasteiger partial charge in [0, 0.05) is 31.6 Å². The lowest BCUT2D eigenvalue weighted by Gasteiger charge is -2.26. The number of amides is 1. The maximum absolute atomic E-state index is 12.7. The minimum absolute atomic E-state index is 0.0365. The first-order valence-corrected chi connectivity index (χ1v) is 10.4. The van der Waals surface area contributed by atoms with Crippen LogP contribution in [0, 0.1) is 6.92 Å². The van der Waals surface area contributed by atoms with Gasteiger partial charge in [0.25, 0.3) is 5.91 Å². The number of nitrogens with one attached hydrogen (secondary N) is 1. The highest BCUT2D eigenvalue weighted by molar-refractivity contribution is 7.89. The van der Waals surface area contributed by atoms with Gasteiger partial charge < -0.3 is 10.1 Å². The van der Waals surface area contributed by atoms with Crippen molar-refractivity contribution in [2.24, 2.45) is 0 Å². The third-order valence-corrected chi connectivity index (χ3v) is 6.51. The number of aryl methyl sites for hydroxylation is 1. The quantitative estimate of drug-likeness (QED) is 0.770. The second kappa shape index (κ2) is 8.32. The minimum Gasteiger partial charge on any atom is -0.495 e. The van der Waals surface area contributed by atoms with Crippen LogP contribution in [0.15, 0.2) is 47.4 Å². The number of benzene rings is 2. The molecule has 28 heavy (non-hydrogen) atoms. The summed E-state index contributed by atoms with van der Waals surface area (Å²) in [4.78, 5) is 12.6. The van der Waals surface area contributed by atoms with Crippen molar-refractivity contribution in [2.45, 2.75) is 31.1 Å². The first-order chi connectivity index (χ1) is 13.0. The Labute approximate surface area is 167 Å². The van der Waals surface area contributed by atoms with Crippen LogP contribution in [0.4, 0.5) is 0 Å². The number of sulfonamides is 1. The normalized spacial score (nSPS) is 12.1. The molecule has 2 aromatic rings. The molecule has 0 atom stereocenters. The molecule has 0 radical (unpaired) electrons. The molecule has 1 N–H and O–H groups in total. The Balaban J connectivity index is 2.25. The Hall–Kier alpha value is -2.38. The van der Waals surface area contributed by atoms with E-state index in [9.17, 15) is 13.2 Å². The highest BCUT2D eigenvalue weighted by atomic mass is 32.2. The standard InChI is InChI=1S/C21H28N2O4S/c1-15-8-7-9-17(12-15)21(2,3)14-22-20(24)16-10-11-18(27-6)19(13-16)28(25,26)23(4)5/h7-13H,14H2,1-6H3,(H,22,24). The molecule has 0 spiro atoms. The maximum Gasteiger partial charge on any atom is 0.251 e. The van der Waals surface area contributed by atoms with Gasteiger partial charge in [-0.1, -0.05) is 43.7 Å². The van der Waals surface area contributed by atoms with Crippen LogP contribution >= 0.6 is 0 Å². The number of nitrogens with zero attached hydrogens (tertiary/aromatic N) is 1. The van der Waals surface area contributed by atoms with Crippen LogP contribution in [0.2, 0.25) is 0 Å². The third kappa shape index (κ3) is 4.72. The first-order valence-electron chi connectivity index (χ1n) is 8.95. The zero-order valence-electron chi connectivity index (χ0n) is 17.2. The summed E-state index contributed by atoms with van der Waals surface area (Å²) in [5, 5.41) is 2.91. The Morgan fingerprint density at radius 1 is 1.14 bits per heavy atom. The summed E-state index contributed by atoms with van der Waals surface area (Å²) in [7, 11) is 0.531. The van der Waals surface area contributed by atoms with Gasteiger partial charge in [0.15, 0.2) is 0 Å². The summed E-state index contributed by atoms with van der Waals surface area (Å²) in [6, 6.07) is 12.6. The second-order valence-corrected chi connectivity index (χ2v) is 9.71. The zero-order valence-corrected chi connectivity index (χ0v) is 18.1. The monoisotopic (exact) mass is 404 g/mol. The Morgan fingerprint density at radius 3 is 2.39 bits per heavy atom. The van der Waals surface area contributed by atoms with Crippen LogP contribution in [0.25, 0.3) is 0 Å². The SMILES string of the molecule is COc1ccc(C(=O)NCC(C)(C)c2cccc(C)c2)cc1S(=O)(=O)N(C)C. The van der Waals surface area contributed by atoms with Gasteiger partial charge in [-0.15, -0.1) is 0 Å². The molecule has 0 aliphatic heterocycles. The van der Waals surface area contributed by atoms with Crippen LogP contribution in [0.1, 0.15) is 35.3 Å². The van der Waals surface area contributed by atoms with Gasteiger partial charge in [0.1, 0.15) is 10.6 Å². The lowest BCUT2D eigenvalue weighted by atomic mass is 9.84. The lowest BCUT2D eigenvalue weighted by Crippen LogP contribution is -2.36. The van der Waals surface area contributed by atoms with Crippen molar-refractivity contribution >= 4 is 15.9 Å². The largest absolute Gasteiger partial charge is 0.495 e. The Bertz CT molecular complexity index is 966. The second-order valence-electron chi connectivity index (χ2n) is 7.59. The van der Waals surface area contributed by atoms with Crippen LogP contribution in [0.5, 0.6) is 5.75 Å². The molecule has 0 aromatic heterocycles. The molecule has 152 valence electrons. The highest BCUT2D eigenvalue weighted by Crippen LogP contribution is 2.27. The molecule has 0 fully saturated rings. The summed E-state index contributed by atoms with van der Waals surface area (Å²) < 4.78 is 31.3. The number of carbonyl (C=O) groups excluding carboxylic acids is 1. The molecular formula is C21H28N2O4S. The minimum atomic E-state index is -3.74. The molecule has 6 nitrogen and oxygen atoms in total. The van der Waals surface area contributed by atoms with Crippen LogP contribution in [0.3, 0.4) is 0 Å². The van der Waals surface area contributed by atoms with Gasteiger partial charge in [-0.3, -0.25) is 4.79 Å². The number of hydrogen-bond acceptors (Lipinski definition) is 4. The van der Waals surface area contributed by atoms with E-state index in [2.05, 4.69) is 25.2 Å². The molecule has 0 aliphatic rings. The molecule has 0 heterocycles. The van der Waals surface area contributed by atoms with Gasteiger partial charge in [0.2, 0.25) is 10.0 Å². The van der Waals surface area contributed by atoms with E-state index < -0.39 is 10.0 Å². The predicted molar refractivity (Wildman–Crippen MR) is 110 cm³/mol. The van der Waals surface area contributed by atoms with E-state index in [1.54, 1.807) is 6.07 Å². The van der Waals surface area contributed by atoms with Gasteiger partial charge in [-0.05, 0) is 30.7 Å². The van der Waals surface area contributed by atoms with Crippen LogP contribution < -0.4 is 10.1 Å². The van der Waals surface area contributed by atoms with Gasteiger partial charge in [-0.25, -0.2) is 12.7 Å². The summed E-state index contributed by atoms with van der Waals surface area (Å²) in [6.07, 6.45) is 0. The average molecular weight is 405 g/mol. The van der Waals surface area contributed by atoms with E-state index in [0.29, 0.717) is 6.54 Å². The molecule has 0 saturated carbocycles. The topological polar surface area (TPSA) is 75.7 Å². The van der Waals surface area contributed by atoms with E-state index >= 15 is 0 Å². The fourth-order valence-corrected chi connectivity index (χ4v) is 3.86. The molecular weight excluding hydrogens is 376 g/mol. The van der Waals surface area contributed by atoms with E-state index in [1.807, 2.05) is 25.1 Å².